The molecule has 0 aliphatic rings. The number of hydrogen-bond acceptors (Lipinski definition) is 4. The van der Waals surface area contributed by atoms with Crippen molar-refractivity contribution in [2.75, 3.05) is 13.2 Å². The van der Waals surface area contributed by atoms with Gasteiger partial charge in [0.05, 0.1) is 18.3 Å². The highest BCUT2D eigenvalue weighted by Gasteiger charge is 2.11. The van der Waals surface area contributed by atoms with Crippen LogP contribution in [0.4, 0.5) is 0 Å². The van der Waals surface area contributed by atoms with Crippen LogP contribution in [-0.4, -0.2) is 18.3 Å². The van der Waals surface area contributed by atoms with Crippen molar-refractivity contribution in [3.05, 3.63) is 0 Å². The molecule has 0 amide bonds. The Kier molecular flexibility index (Phi) is 5.68. The summed E-state index contributed by atoms with van der Waals surface area (Å²) >= 11 is 9.70. The van der Waals surface area contributed by atoms with Crippen LogP contribution in [0.25, 0.3) is 0 Å². The van der Waals surface area contributed by atoms with Crippen molar-refractivity contribution in [3.8, 4) is 0 Å². The van der Waals surface area contributed by atoms with Gasteiger partial charge in [-0.25, -0.2) is 0 Å². The second-order valence-corrected chi connectivity index (χ2v) is 5.45. The van der Waals surface area contributed by atoms with Crippen molar-refractivity contribution in [1.29, 1.82) is 0 Å². The lowest BCUT2D eigenvalue weighted by Crippen LogP contribution is -1.94. The Morgan fingerprint density at radius 2 is 1.70 bits per heavy atom. The minimum atomic E-state index is -2.18. The summed E-state index contributed by atoms with van der Waals surface area (Å²) in [6.07, 6.45) is 0. The predicted octanol–water partition coefficient (Wildman–Crippen LogP) is 2.33. The Hall–Kier alpha value is 0.660. The fraction of sp³-hybridized carbons (Fsp3) is 0.800. The molecule has 0 aliphatic carbocycles. The fourth-order valence-corrected chi connectivity index (χ4v) is 2.37. The molecule has 0 radical (unpaired) electrons. The zero-order valence-electron chi connectivity index (χ0n) is 6.07. The Balaban J connectivity index is 3.95. The Labute approximate surface area is 72.1 Å². The second kappa shape index (κ2) is 5.33. The number of thiocarbonyl (C=S) groups is 1. The normalized spacial score (nSPS) is 11.4. The third kappa shape index (κ3) is 3.74. The van der Waals surface area contributed by atoms with E-state index in [1.807, 2.05) is 13.8 Å². The Morgan fingerprint density at radius 3 is 1.90 bits per heavy atom. The van der Waals surface area contributed by atoms with Gasteiger partial charge in [-0.15, -0.1) is 0 Å². The minimum absolute atomic E-state index is 0.560. The minimum Gasteiger partial charge on any atom is -0.326 e. The van der Waals surface area contributed by atoms with Gasteiger partial charge in [0.25, 0.3) is 0 Å². The lowest BCUT2D eigenvalue weighted by molar-refractivity contribution is 0.278. The van der Waals surface area contributed by atoms with Crippen molar-refractivity contribution in [3.63, 3.8) is 0 Å². The summed E-state index contributed by atoms with van der Waals surface area (Å²) in [5.41, 5.74) is 0. The van der Waals surface area contributed by atoms with E-state index in [-0.39, 0.29) is 0 Å². The lowest BCUT2D eigenvalue weighted by Gasteiger charge is -2.14. The molecule has 0 saturated carbocycles. The molecule has 0 bridgehead atoms. The number of rotatable bonds is 5. The SMILES string of the molecule is CCOP(=S)(C=S)OCC. The van der Waals surface area contributed by atoms with Crippen LogP contribution in [0.1, 0.15) is 13.8 Å². The molecular formula is C5H11O2PS2. The second-order valence-electron chi connectivity index (χ2n) is 1.48. The van der Waals surface area contributed by atoms with Crippen LogP contribution in [-0.2, 0) is 20.9 Å². The Morgan fingerprint density at radius 1 is 1.30 bits per heavy atom. The molecule has 60 valence electrons. The topological polar surface area (TPSA) is 18.5 Å². The third-order valence-electron chi connectivity index (χ3n) is 0.747. The molecule has 0 N–H and O–H groups in total. The van der Waals surface area contributed by atoms with Crippen LogP contribution in [0.2, 0.25) is 0 Å². The molecule has 0 unspecified atom stereocenters. The summed E-state index contributed by atoms with van der Waals surface area (Å²) in [6, 6.07) is 0. The summed E-state index contributed by atoms with van der Waals surface area (Å²) in [6.45, 7) is 2.69. The van der Waals surface area contributed by atoms with Gasteiger partial charge in [-0.3, -0.25) is 0 Å². The van der Waals surface area contributed by atoms with Crippen LogP contribution >= 0.6 is 18.7 Å². The van der Waals surface area contributed by atoms with Gasteiger partial charge in [0.15, 0.2) is 0 Å². The van der Waals surface area contributed by atoms with E-state index in [1.165, 1.54) is 5.11 Å². The lowest BCUT2D eigenvalue weighted by atomic mass is 10.9. The van der Waals surface area contributed by atoms with Gasteiger partial charge in [0.1, 0.15) is 0 Å². The van der Waals surface area contributed by atoms with E-state index < -0.39 is 6.49 Å². The van der Waals surface area contributed by atoms with Gasteiger partial charge in [-0.05, 0) is 25.7 Å². The van der Waals surface area contributed by atoms with E-state index in [4.69, 9.17) is 20.9 Å². The molecule has 0 aromatic carbocycles. The molecule has 2 nitrogen and oxygen atoms in total. The highest BCUT2D eigenvalue weighted by atomic mass is 32.5. The van der Waals surface area contributed by atoms with Gasteiger partial charge in [-0.2, -0.15) is 0 Å². The average molecular weight is 198 g/mol. The molecule has 0 heterocycles. The van der Waals surface area contributed by atoms with Crippen LogP contribution in [0.5, 0.6) is 0 Å². The van der Waals surface area contributed by atoms with Crippen LogP contribution in [0, 0.1) is 0 Å². The third-order valence-corrected chi connectivity index (χ3v) is 4.42. The first-order valence-corrected chi connectivity index (χ1v) is 6.21. The van der Waals surface area contributed by atoms with E-state index in [0.29, 0.717) is 13.2 Å². The average Bonchev–Trinajstić information content (AvgIpc) is 1.89. The van der Waals surface area contributed by atoms with E-state index in [0.717, 1.165) is 0 Å². The molecule has 0 aromatic rings. The fourth-order valence-electron chi connectivity index (χ4n) is 0.458. The van der Waals surface area contributed by atoms with E-state index in [1.54, 1.807) is 0 Å². The van der Waals surface area contributed by atoms with Crippen LogP contribution < -0.4 is 0 Å². The molecule has 0 aromatic heterocycles. The first-order valence-electron chi connectivity index (χ1n) is 3.03. The van der Waals surface area contributed by atoms with Gasteiger partial charge in [-0.1, -0.05) is 12.2 Å². The largest absolute Gasteiger partial charge is 0.326 e. The smallest absolute Gasteiger partial charge is 0.222 e. The molecule has 0 atom stereocenters. The highest BCUT2D eigenvalue weighted by Crippen LogP contribution is 2.45. The van der Waals surface area contributed by atoms with Gasteiger partial charge in [0.2, 0.25) is 6.49 Å². The van der Waals surface area contributed by atoms with Gasteiger partial charge >= 0.3 is 0 Å². The van der Waals surface area contributed by atoms with E-state index in [2.05, 4.69) is 12.2 Å². The Bertz CT molecular complexity index is 139. The molecule has 0 saturated heterocycles. The van der Waals surface area contributed by atoms with E-state index >= 15 is 0 Å². The quantitative estimate of drug-likeness (QED) is 0.498. The maximum absolute atomic E-state index is 5.16. The highest BCUT2D eigenvalue weighted by molar-refractivity contribution is 8.22. The molecule has 0 fully saturated rings. The van der Waals surface area contributed by atoms with Crippen LogP contribution in [0.15, 0.2) is 0 Å². The zero-order valence-corrected chi connectivity index (χ0v) is 8.60. The predicted molar refractivity (Wildman–Crippen MR) is 51.2 cm³/mol. The van der Waals surface area contributed by atoms with Crippen molar-refractivity contribution < 1.29 is 9.05 Å². The molecule has 5 heteroatoms. The zero-order chi connectivity index (χ0) is 8.04. The van der Waals surface area contributed by atoms with Crippen molar-refractivity contribution in [2.45, 2.75) is 13.8 Å². The van der Waals surface area contributed by atoms with Crippen molar-refractivity contribution in [1.82, 2.24) is 0 Å². The number of hydrogen-bond donors (Lipinski definition) is 0. The monoisotopic (exact) mass is 198 g/mol. The van der Waals surface area contributed by atoms with Crippen molar-refractivity contribution in [2.24, 2.45) is 0 Å². The summed E-state index contributed by atoms with van der Waals surface area (Å²) in [5, 5.41) is 1.43. The summed E-state index contributed by atoms with van der Waals surface area (Å²) in [7, 11) is 0. The van der Waals surface area contributed by atoms with Gasteiger partial charge in [0, 0.05) is 0 Å². The molecule has 10 heavy (non-hydrogen) atoms. The maximum atomic E-state index is 5.16. The summed E-state index contributed by atoms with van der Waals surface area (Å²) in [4.78, 5) is 0. The summed E-state index contributed by atoms with van der Waals surface area (Å²) < 4.78 is 10.3. The maximum Gasteiger partial charge on any atom is 0.222 e. The van der Waals surface area contributed by atoms with Gasteiger partial charge < -0.3 is 9.05 Å². The first-order chi connectivity index (χ1) is 4.68. The van der Waals surface area contributed by atoms with Crippen LogP contribution in [0.3, 0.4) is 0 Å². The standard InChI is InChI=1S/C5H11O2PS2/c1-3-6-8(10,5-9)7-4-2/h5H,3-4H2,1-2H3. The molecule has 0 spiro atoms. The molecular weight excluding hydrogens is 187 g/mol. The summed E-state index contributed by atoms with van der Waals surface area (Å²) in [5.74, 6) is 0. The van der Waals surface area contributed by atoms with E-state index in [9.17, 15) is 0 Å². The van der Waals surface area contributed by atoms with Crippen molar-refractivity contribution >= 4 is 35.6 Å². The molecule has 0 aliphatic heterocycles. The molecule has 0 rings (SSSR count). The first kappa shape index (κ1) is 10.7.